The van der Waals surface area contributed by atoms with E-state index in [4.69, 9.17) is 16.3 Å². The maximum atomic E-state index is 11.7. The molecule has 1 aliphatic heterocycles. The Labute approximate surface area is 123 Å². The van der Waals surface area contributed by atoms with Gasteiger partial charge in [0.15, 0.2) is 0 Å². The van der Waals surface area contributed by atoms with Crippen molar-refractivity contribution >= 4 is 17.6 Å². The van der Waals surface area contributed by atoms with Gasteiger partial charge in [-0.05, 0) is 26.2 Å². The molecular formula is C14H21ClN2O3. The molecule has 0 aromatic carbocycles. The lowest BCUT2D eigenvalue weighted by molar-refractivity contribution is -0.154. The molecule has 0 spiro atoms. The SMILES string of the molecule is CCc1nn(CC)c(CC2(C(=O)O)CCOCC2)c1Cl. The summed E-state index contributed by atoms with van der Waals surface area (Å²) >= 11 is 6.39. The number of aromatic nitrogens is 2. The third kappa shape index (κ3) is 2.69. The summed E-state index contributed by atoms with van der Waals surface area (Å²) in [6, 6.07) is 0. The fourth-order valence-electron chi connectivity index (χ4n) is 2.74. The first-order valence-electron chi connectivity index (χ1n) is 7.09. The van der Waals surface area contributed by atoms with Crippen LogP contribution in [0.25, 0.3) is 0 Å². The van der Waals surface area contributed by atoms with E-state index in [1.165, 1.54) is 0 Å². The van der Waals surface area contributed by atoms with Crippen LogP contribution < -0.4 is 0 Å². The second-order valence-electron chi connectivity index (χ2n) is 5.25. The van der Waals surface area contributed by atoms with E-state index in [2.05, 4.69) is 5.10 Å². The largest absolute Gasteiger partial charge is 0.481 e. The number of nitrogens with zero attached hydrogens (tertiary/aromatic N) is 2. The van der Waals surface area contributed by atoms with Crippen molar-refractivity contribution in [3.05, 3.63) is 16.4 Å². The highest BCUT2D eigenvalue weighted by Gasteiger charge is 2.41. The van der Waals surface area contributed by atoms with Crippen LogP contribution in [0, 0.1) is 5.41 Å². The number of carboxylic acid groups (broad SMARTS) is 1. The van der Waals surface area contributed by atoms with Crippen molar-refractivity contribution in [3.63, 3.8) is 0 Å². The van der Waals surface area contributed by atoms with Gasteiger partial charge in [0.2, 0.25) is 0 Å². The molecule has 6 heteroatoms. The minimum atomic E-state index is -0.778. The lowest BCUT2D eigenvalue weighted by atomic mass is 9.76. The number of carbonyl (C=O) groups is 1. The van der Waals surface area contributed by atoms with Gasteiger partial charge in [0.1, 0.15) is 0 Å². The highest BCUT2D eigenvalue weighted by atomic mass is 35.5. The summed E-state index contributed by atoms with van der Waals surface area (Å²) < 4.78 is 7.14. The Kier molecular flexibility index (Phi) is 4.70. The Morgan fingerprint density at radius 2 is 2.10 bits per heavy atom. The number of ether oxygens (including phenoxy) is 1. The minimum Gasteiger partial charge on any atom is -0.481 e. The van der Waals surface area contributed by atoms with E-state index in [1.807, 2.05) is 18.5 Å². The molecule has 1 saturated heterocycles. The van der Waals surface area contributed by atoms with Gasteiger partial charge in [-0.15, -0.1) is 0 Å². The fraction of sp³-hybridized carbons (Fsp3) is 0.714. The average molecular weight is 301 g/mol. The topological polar surface area (TPSA) is 64.4 Å². The Hall–Kier alpha value is -1.07. The summed E-state index contributed by atoms with van der Waals surface area (Å²) in [5.41, 5.74) is 0.909. The van der Waals surface area contributed by atoms with E-state index in [9.17, 15) is 9.90 Å². The van der Waals surface area contributed by atoms with Gasteiger partial charge < -0.3 is 9.84 Å². The van der Waals surface area contributed by atoms with Crippen LogP contribution >= 0.6 is 11.6 Å². The first kappa shape index (κ1) is 15.3. The Morgan fingerprint density at radius 3 is 2.60 bits per heavy atom. The third-order valence-electron chi connectivity index (χ3n) is 4.10. The molecule has 1 aromatic rings. The summed E-state index contributed by atoms with van der Waals surface area (Å²) in [5.74, 6) is -0.765. The van der Waals surface area contributed by atoms with E-state index in [1.54, 1.807) is 0 Å². The average Bonchev–Trinajstić information content (AvgIpc) is 2.76. The lowest BCUT2D eigenvalue weighted by Gasteiger charge is -2.33. The summed E-state index contributed by atoms with van der Waals surface area (Å²) in [6.45, 7) is 5.67. The molecule has 5 nitrogen and oxygen atoms in total. The van der Waals surface area contributed by atoms with Crippen molar-refractivity contribution in [2.45, 2.75) is 46.1 Å². The Morgan fingerprint density at radius 1 is 1.45 bits per heavy atom. The van der Waals surface area contributed by atoms with Gasteiger partial charge in [-0.25, -0.2) is 0 Å². The van der Waals surface area contributed by atoms with Gasteiger partial charge in [0, 0.05) is 26.2 Å². The first-order chi connectivity index (χ1) is 9.54. The van der Waals surface area contributed by atoms with Crippen molar-refractivity contribution in [2.75, 3.05) is 13.2 Å². The van der Waals surface area contributed by atoms with Gasteiger partial charge in [0.25, 0.3) is 0 Å². The number of hydrogen-bond donors (Lipinski definition) is 1. The van der Waals surface area contributed by atoms with Crippen LogP contribution in [-0.4, -0.2) is 34.1 Å². The van der Waals surface area contributed by atoms with E-state index >= 15 is 0 Å². The van der Waals surface area contributed by atoms with E-state index in [0.717, 1.165) is 17.8 Å². The van der Waals surface area contributed by atoms with Crippen LogP contribution in [0.2, 0.25) is 5.02 Å². The number of rotatable bonds is 5. The highest BCUT2D eigenvalue weighted by Crippen LogP contribution is 2.37. The number of halogens is 1. The molecule has 0 bridgehead atoms. The zero-order valence-corrected chi connectivity index (χ0v) is 12.7. The van der Waals surface area contributed by atoms with Crippen LogP contribution in [0.3, 0.4) is 0 Å². The minimum absolute atomic E-state index is 0.422. The van der Waals surface area contributed by atoms with Gasteiger partial charge in [-0.2, -0.15) is 5.10 Å². The zero-order chi connectivity index (χ0) is 14.8. The summed E-state index contributed by atoms with van der Waals surface area (Å²) in [4.78, 5) is 11.7. The summed E-state index contributed by atoms with van der Waals surface area (Å²) in [6.07, 6.45) is 2.22. The number of aliphatic carboxylic acids is 1. The van der Waals surface area contributed by atoms with Crippen LogP contribution in [-0.2, 0) is 28.9 Å². The summed E-state index contributed by atoms with van der Waals surface area (Å²) in [7, 11) is 0. The molecule has 1 aliphatic rings. The number of carboxylic acids is 1. The van der Waals surface area contributed by atoms with E-state index in [0.29, 0.717) is 44.0 Å². The second kappa shape index (κ2) is 6.14. The van der Waals surface area contributed by atoms with Crippen LogP contribution in [0.1, 0.15) is 38.1 Å². The molecule has 0 unspecified atom stereocenters. The van der Waals surface area contributed by atoms with Crippen LogP contribution in [0.5, 0.6) is 0 Å². The van der Waals surface area contributed by atoms with Crippen LogP contribution in [0.15, 0.2) is 0 Å². The van der Waals surface area contributed by atoms with E-state index < -0.39 is 11.4 Å². The molecule has 112 valence electrons. The van der Waals surface area contributed by atoms with Gasteiger partial charge in [-0.3, -0.25) is 9.48 Å². The standard InChI is InChI=1S/C14H21ClN2O3/c1-3-10-12(15)11(17(4-2)16-10)9-14(13(18)19)5-7-20-8-6-14/h3-9H2,1-2H3,(H,18,19). The van der Waals surface area contributed by atoms with E-state index in [-0.39, 0.29) is 0 Å². The summed E-state index contributed by atoms with van der Waals surface area (Å²) in [5, 5.41) is 14.7. The highest BCUT2D eigenvalue weighted by molar-refractivity contribution is 6.31. The predicted molar refractivity (Wildman–Crippen MR) is 76.1 cm³/mol. The Bertz CT molecular complexity index is 493. The molecule has 2 rings (SSSR count). The normalized spacial score (nSPS) is 18.1. The van der Waals surface area contributed by atoms with Crippen LogP contribution in [0.4, 0.5) is 0 Å². The van der Waals surface area contributed by atoms with Crippen molar-refractivity contribution < 1.29 is 14.6 Å². The molecule has 20 heavy (non-hydrogen) atoms. The molecule has 0 amide bonds. The maximum Gasteiger partial charge on any atom is 0.310 e. The second-order valence-corrected chi connectivity index (χ2v) is 5.63. The molecule has 0 saturated carbocycles. The molecule has 0 radical (unpaired) electrons. The molecule has 1 N–H and O–H groups in total. The van der Waals surface area contributed by atoms with Gasteiger partial charge in [0.05, 0.1) is 21.8 Å². The quantitative estimate of drug-likeness (QED) is 0.907. The molecule has 0 atom stereocenters. The van der Waals surface area contributed by atoms with Crippen molar-refractivity contribution in [1.82, 2.24) is 9.78 Å². The van der Waals surface area contributed by atoms with Crippen molar-refractivity contribution in [2.24, 2.45) is 5.41 Å². The molecule has 0 aliphatic carbocycles. The third-order valence-corrected chi connectivity index (χ3v) is 4.54. The molecule has 1 fully saturated rings. The van der Waals surface area contributed by atoms with Crippen molar-refractivity contribution in [3.8, 4) is 0 Å². The van der Waals surface area contributed by atoms with Gasteiger partial charge >= 0.3 is 5.97 Å². The fourth-order valence-corrected chi connectivity index (χ4v) is 3.07. The Balaban J connectivity index is 2.35. The number of hydrogen-bond acceptors (Lipinski definition) is 3. The smallest absolute Gasteiger partial charge is 0.310 e. The zero-order valence-electron chi connectivity index (χ0n) is 12.0. The lowest BCUT2D eigenvalue weighted by Crippen LogP contribution is -2.39. The molecule has 1 aromatic heterocycles. The molecular weight excluding hydrogens is 280 g/mol. The van der Waals surface area contributed by atoms with Gasteiger partial charge in [-0.1, -0.05) is 18.5 Å². The molecule has 2 heterocycles. The van der Waals surface area contributed by atoms with Crippen molar-refractivity contribution in [1.29, 1.82) is 0 Å². The number of aryl methyl sites for hydroxylation is 2. The predicted octanol–water partition coefficient (Wildman–Crippen LogP) is 2.54. The first-order valence-corrected chi connectivity index (χ1v) is 7.47. The maximum absolute atomic E-state index is 11.7. The monoisotopic (exact) mass is 300 g/mol.